The molecule has 1 aliphatic carbocycles. The van der Waals surface area contributed by atoms with Crippen molar-refractivity contribution in [2.24, 2.45) is 11.7 Å². The summed E-state index contributed by atoms with van der Waals surface area (Å²) in [6, 6.07) is 6.20. The van der Waals surface area contributed by atoms with E-state index < -0.39 is 10.8 Å². The van der Waals surface area contributed by atoms with Crippen LogP contribution >= 0.6 is 0 Å². The smallest absolute Gasteiger partial charge is 0.269 e. The van der Waals surface area contributed by atoms with Crippen LogP contribution in [0.5, 0.6) is 0 Å². The van der Waals surface area contributed by atoms with Crippen molar-refractivity contribution in [2.45, 2.75) is 31.7 Å². The van der Waals surface area contributed by atoms with Crippen LogP contribution in [0, 0.1) is 16.0 Å². The van der Waals surface area contributed by atoms with Gasteiger partial charge in [-0.2, -0.15) is 0 Å². The molecule has 0 aromatic heterocycles. The van der Waals surface area contributed by atoms with E-state index in [4.69, 9.17) is 5.73 Å². The van der Waals surface area contributed by atoms with Crippen molar-refractivity contribution in [3.05, 3.63) is 39.9 Å². The van der Waals surface area contributed by atoms with E-state index in [0.717, 1.165) is 12.8 Å². The fourth-order valence-corrected chi connectivity index (χ4v) is 2.23. The summed E-state index contributed by atoms with van der Waals surface area (Å²) in [5, 5.41) is 13.7. The number of amides is 1. The second-order valence-corrected chi connectivity index (χ2v) is 5.26. The molecule has 1 amide bonds. The molecule has 0 bridgehead atoms. The molecule has 1 aromatic rings. The maximum atomic E-state index is 12.2. The molecular weight excluding hydrogens is 258 g/mol. The van der Waals surface area contributed by atoms with Gasteiger partial charge in [0, 0.05) is 24.7 Å². The molecule has 0 radical (unpaired) electrons. The Morgan fingerprint density at radius 3 is 2.80 bits per heavy atom. The van der Waals surface area contributed by atoms with E-state index in [1.165, 1.54) is 12.1 Å². The van der Waals surface area contributed by atoms with Gasteiger partial charge in [0.2, 0.25) is 5.91 Å². The quantitative estimate of drug-likeness (QED) is 0.608. The molecule has 20 heavy (non-hydrogen) atoms. The number of carbonyl (C=O) groups is 1. The number of nitrogens with two attached hydrogens (primary N) is 1. The number of nitrogens with zero attached hydrogens (tertiary/aromatic N) is 1. The van der Waals surface area contributed by atoms with E-state index in [1.54, 1.807) is 19.1 Å². The molecule has 2 atom stereocenters. The molecule has 0 spiro atoms. The zero-order chi connectivity index (χ0) is 14.7. The number of nitro benzene ring substituents is 1. The van der Waals surface area contributed by atoms with Crippen molar-refractivity contribution >= 4 is 11.6 Å². The molecule has 6 heteroatoms. The number of carbonyl (C=O) groups excluding carboxylic acids is 1. The summed E-state index contributed by atoms with van der Waals surface area (Å²) in [5.74, 6) is -0.0724. The molecule has 1 fully saturated rings. The standard InChI is InChI=1S/C14H19N3O3/c1-9(11-3-2-4-12(7-11)17(19)20)14(18)16-13(8-15)10-5-6-10/h2-4,7,9-10,13H,5-6,8,15H2,1H3,(H,16,18). The molecule has 3 N–H and O–H groups in total. The summed E-state index contributed by atoms with van der Waals surface area (Å²) in [4.78, 5) is 22.5. The van der Waals surface area contributed by atoms with E-state index >= 15 is 0 Å². The van der Waals surface area contributed by atoms with Gasteiger partial charge in [0.15, 0.2) is 0 Å². The van der Waals surface area contributed by atoms with Gasteiger partial charge >= 0.3 is 0 Å². The molecule has 2 rings (SSSR count). The van der Waals surface area contributed by atoms with Crippen molar-refractivity contribution in [1.82, 2.24) is 5.32 Å². The van der Waals surface area contributed by atoms with E-state index in [9.17, 15) is 14.9 Å². The molecule has 0 heterocycles. The number of hydrogen-bond acceptors (Lipinski definition) is 4. The normalized spacial score (nSPS) is 17.3. The zero-order valence-electron chi connectivity index (χ0n) is 11.4. The first-order valence-electron chi connectivity index (χ1n) is 6.77. The van der Waals surface area contributed by atoms with Crippen molar-refractivity contribution < 1.29 is 9.72 Å². The Labute approximate surface area is 117 Å². The van der Waals surface area contributed by atoms with Crippen LogP contribution in [-0.2, 0) is 4.79 Å². The van der Waals surface area contributed by atoms with Gasteiger partial charge in [-0.3, -0.25) is 14.9 Å². The summed E-state index contributed by atoms with van der Waals surface area (Å²) < 4.78 is 0. The van der Waals surface area contributed by atoms with Crippen molar-refractivity contribution in [1.29, 1.82) is 0 Å². The molecular formula is C14H19N3O3. The summed E-state index contributed by atoms with van der Waals surface area (Å²) >= 11 is 0. The van der Waals surface area contributed by atoms with Crippen LogP contribution < -0.4 is 11.1 Å². The predicted octanol–water partition coefficient (Wildman–Crippen LogP) is 1.55. The minimum absolute atomic E-state index is 0.000261. The molecule has 0 aliphatic heterocycles. The maximum absolute atomic E-state index is 12.2. The van der Waals surface area contributed by atoms with Gasteiger partial charge in [-0.25, -0.2) is 0 Å². The third-order valence-corrected chi connectivity index (χ3v) is 3.75. The number of non-ortho nitro benzene ring substituents is 1. The minimum atomic E-state index is -0.457. The van der Waals surface area contributed by atoms with Crippen molar-refractivity contribution in [2.75, 3.05) is 6.54 Å². The molecule has 0 saturated heterocycles. The number of benzene rings is 1. The Balaban J connectivity index is 2.05. The first-order chi connectivity index (χ1) is 9.52. The topological polar surface area (TPSA) is 98.3 Å². The van der Waals surface area contributed by atoms with Crippen LogP contribution in [0.25, 0.3) is 0 Å². The number of rotatable bonds is 6. The molecule has 6 nitrogen and oxygen atoms in total. The fraction of sp³-hybridized carbons (Fsp3) is 0.500. The van der Waals surface area contributed by atoms with Crippen molar-refractivity contribution in [3.63, 3.8) is 0 Å². The maximum Gasteiger partial charge on any atom is 0.269 e. The highest BCUT2D eigenvalue weighted by molar-refractivity contribution is 5.83. The highest BCUT2D eigenvalue weighted by Crippen LogP contribution is 2.32. The Hall–Kier alpha value is -1.95. The Morgan fingerprint density at radius 2 is 2.25 bits per heavy atom. The lowest BCUT2D eigenvalue weighted by Crippen LogP contribution is -2.43. The molecule has 1 aliphatic rings. The van der Waals surface area contributed by atoms with Gasteiger partial charge in [0.1, 0.15) is 0 Å². The van der Waals surface area contributed by atoms with E-state index in [0.29, 0.717) is 18.0 Å². The molecule has 1 aromatic carbocycles. The van der Waals surface area contributed by atoms with Gasteiger partial charge < -0.3 is 11.1 Å². The lowest BCUT2D eigenvalue weighted by Gasteiger charge is -2.19. The minimum Gasteiger partial charge on any atom is -0.351 e. The number of hydrogen-bond donors (Lipinski definition) is 2. The first-order valence-corrected chi connectivity index (χ1v) is 6.77. The van der Waals surface area contributed by atoms with Crippen LogP contribution in [-0.4, -0.2) is 23.4 Å². The third kappa shape index (κ3) is 3.33. The third-order valence-electron chi connectivity index (χ3n) is 3.75. The summed E-state index contributed by atoms with van der Waals surface area (Å²) in [7, 11) is 0. The lowest BCUT2D eigenvalue weighted by molar-refractivity contribution is -0.384. The SMILES string of the molecule is CC(C(=O)NC(CN)C1CC1)c1cccc([N+](=O)[O-])c1. The summed E-state index contributed by atoms with van der Waals surface area (Å²) in [5.41, 5.74) is 6.30. The Morgan fingerprint density at radius 1 is 1.55 bits per heavy atom. The first kappa shape index (κ1) is 14.5. The number of nitrogens with one attached hydrogen (secondary N) is 1. The number of nitro groups is 1. The second-order valence-electron chi connectivity index (χ2n) is 5.26. The average molecular weight is 277 g/mol. The summed E-state index contributed by atoms with van der Waals surface area (Å²) in [6.07, 6.45) is 2.21. The monoisotopic (exact) mass is 277 g/mol. The van der Waals surface area contributed by atoms with Gasteiger partial charge in [-0.15, -0.1) is 0 Å². The van der Waals surface area contributed by atoms with E-state index in [-0.39, 0.29) is 17.6 Å². The largest absolute Gasteiger partial charge is 0.351 e. The average Bonchev–Trinajstić information content (AvgIpc) is 3.28. The van der Waals surface area contributed by atoms with E-state index in [1.807, 2.05) is 0 Å². The van der Waals surface area contributed by atoms with Gasteiger partial charge in [-0.05, 0) is 31.2 Å². The van der Waals surface area contributed by atoms with Crippen LogP contribution in [0.2, 0.25) is 0 Å². The molecule has 1 saturated carbocycles. The molecule has 108 valence electrons. The Bertz CT molecular complexity index is 514. The molecule has 2 unspecified atom stereocenters. The highest BCUT2D eigenvalue weighted by atomic mass is 16.6. The van der Waals surface area contributed by atoms with E-state index in [2.05, 4.69) is 5.32 Å². The van der Waals surface area contributed by atoms with Crippen LogP contribution in [0.15, 0.2) is 24.3 Å². The predicted molar refractivity (Wildman–Crippen MR) is 75.2 cm³/mol. The second kappa shape index (κ2) is 6.00. The van der Waals surface area contributed by atoms with Gasteiger partial charge in [-0.1, -0.05) is 12.1 Å². The lowest BCUT2D eigenvalue weighted by atomic mass is 9.99. The van der Waals surface area contributed by atoms with Crippen LogP contribution in [0.4, 0.5) is 5.69 Å². The summed E-state index contributed by atoms with van der Waals surface area (Å²) in [6.45, 7) is 2.17. The van der Waals surface area contributed by atoms with Crippen LogP contribution in [0.1, 0.15) is 31.2 Å². The highest BCUT2D eigenvalue weighted by Gasteiger charge is 2.32. The Kier molecular flexibility index (Phi) is 4.34. The van der Waals surface area contributed by atoms with Crippen LogP contribution in [0.3, 0.4) is 0 Å². The van der Waals surface area contributed by atoms with Gasteiger partial charge in [0.25, 0.3) is 5.69 Å². The zero-order valence-corrected chi connectivity index (χ0v) is 11.4. The van der Waals surface area contributed by atoms with Crippen molar-refractivity contribution in [3.8, 4) is 0 Å². The fourth-order valence-electron chi connectivity index (χ4n) is 2.23. The van der Waals surface area contributed by atoms with Gasteiger partial charge in [0.05, 0.1) is 10.8 Å².